The molecule has 0 bridgehead atoms. The number of carbonyl (C=O) groups is 1. The number of aliphatic hydroxyl groups excluding tert-OH is 1. The molecule has 2 N–H and O–H groups in total. The molecule has 222 valence electrons. The van der Waals surface area contributed by atoms with Crippen LogP contribution < -0.4 is 5.32 Å². The van der Waals surface area contributed by atoms with Gasteiger partial charge in [-0.1, -0.05) is 46.8 Å². The number of aliphatic hydroxyl groups is 1. The smallest absolute Gasteiger partial charge is 0.407 e. The van der Waals surface area contributed by atoms with Crippen molar-refractivity contribution in [1.29, 1.82) is 0 Å². The minimum Gasteiger partial charge on any atom is -0.444 e. The Kier molecular flexibility index (Phi) is 6.98. The zero-order valence-electron chi connectivity index (χ0n) is 26.7. The highest BCUT2D eigenvalue weighted by Gasteiger charge is 2.70. The number of alkyl carbamates (subject to hydrolysis) is 1. The van der Waals surface area contributed by atoms with Gasteiger partial charge in [0.25, 0.3) is 0 Å². The predicted molar refractivity (Wildman–Crippen MR) is 159 cm³/mol. The van der Waals surface area contributed by atoms with Gasteiger partial charge in [0.15, 0.2) is 0 Å². The second-order valence-corrected chi connectivity index (χ2v) is 17.3. The van der Waals surface area contributed by atoms with Gasteiger partial charge in [0.2, 0.25) is 0 Å². The van der Waals surface area contributed by atoms with Crippen LogP contribution in [0.2, 0.25) is 0 Å². The van der Waals surface area contributed by atoms with Crippen molar-refractivity contribution < 1.29 is 14.6 Å². The summed E-state index contributed by atoms with van der Waals surface area (Å²) in [5.41, 5.74) is 1.92. The van der Waals surface area contributed by atoms with Crippen LogP contribution in [0.25, 0.3) is 0 Å². The maximum atomic E-state index is 12.8. The first-order valence-electron chi connectivity index (χ1n) is 16.2. The summed E-state index contributed by atoms with van der Waals surface area (Å²) in [4.78, 5) is 12.8. The van der Waals surface area contributed by atoms with Gasteiger partial charge >= 0.3 is 6.09 Å². The highest BCUT2D eigenvalue weighted by Crippen LogP contribution is 2.77. The van der Waals surface area contributed by atoms with Crippen LogP contribution in [0.4, 0.5) is 4.79 Å². The van der Waals surface area contributed by atoms with Gasteiger partial charge in [-0.2, -0.15) is 0 Å². The van der Waals surface area contributed by atoms with Gasteiger partial charge in [0.05, 0.1) is 6.10 Å². The van der Waals surface area contributed by atoms with E-state index in [4.69, 9.17) is 4.74 Å². The molecule has 39 heavy (non-hydrogen) atoms. The number of nitrogens with one attached hydrogen (secondary N) is 1. The standard InChI is InChI=1S/C35H59NO3/c1-22(2)23-13-18-35(21-36-29(38)39-30(3,4)5)20-19-33(9)24(28(23)35)11-12-26-32(8)16-15-27(37)31(6,7)25(32)14-17-34(26,33)10/h23-28,37H,1,11-21H2,2-10H3,(H,36,38)/t23-,24+,25-,26+,27-,28+,32-,33+,34+,35+/m0/s1. The van der Waals surface area contributed by atoms with Gasteiger partial charge in [0, 0.05) is 6.54 Å². The molecule has 4 nitrogen and oxygen atoms in total. The number of carbonyl (C=O) groups excluding carboxylic acids is 1. The third kappa shape index (κ3) is 4.26. The molecule has 0 saturated heterocycles. The molecular formula is C35H59NO3. The number of allylic oxidation sites excluding steroid dienone is 1. The van der Waals surface area contributed by atoms with Gasteiger partial charge in [-0.05, 0) is 149 Å². The highest BCUT2D eigenvalue weighted by atomic mass is 16.6. The second kappa shape index (κ2) is 9.23. The average Bonchev–Trinajstić information content (AvgIpc) is 3.20. The lowest BCUT2D eigenvalue weighted by Crippen LogP contribution is -2.67. The van der Waals surface area contributed by atoms with Crippen LogP contribution >= 0.6 is 0 Å². The van der Waals surface area contributed by atoms with Crippen molar-refractivity contribution in [3.05, 3.63) is 12.2 Å². The van der Waals surface area contributed by atoms with E-state index in [1.807, 2.05) is 20.8 Å². The normalized spacial score (nSPS) is 48.7. The predicted octanol–water partition coefficient (Wildman–Crippen LogP) is 8.53. The summed E-state index contributed by atoms with van der Waals surface area (Å²) >= 11 is 0. The van der Waals surface area contributed by atoms with E-state index in [1.54, 1.807) is 0 Å². The van der Waals surface area contributed by atoms with E-state index in [1.165, 1.54) is 63.4 Å². The lowest BCUT2D eigenvalue weighted by Gasteiger charge is -2.73. The van der Waals surface area contributed by atoms with Crippen LogP contribution in [0.15, 0.2) is 12.2 Å². The molecule has 5 fully saturated rings. The van der Waals surface area contributed by atoms with Gasteiger partial charge in [0.1, 0.15) is 5.60 Å². The van der Waals surface area contributed by atoms with Crippen LogP contribution in [0.3, 0.4) is 0 Å². The van der Waals surface area contributed by atoms with Crippen molar-refractivity contribution in [1.82, 2.24) is 5.32 Å². The maximum absolute atomic E-state index is 12.8. The molecule has 0 radical (unpaired) electrons. The number of hydrogen-bond acceptors (Lipinski definition) is 3. The Morgan fingerprint density at radius 3 is 2.23 bits per heavy atom. The molecule has 5 saturated carbocycles. The van der Waals surface area contributed by atoms with Crippen molar-refractivity contribution in [2.24, 2.45) is 56.7 Å². The van der Waals surface area contributed by atoms with E-state index in [9.17, 15) is 9.90 Å². The molecule has 0 aliphatic heterocycles. The van der Waals surface area contributed by atoms with Crippen molar-refractivity contribution in [2.75, 3.05) is 6.54 Å². The Hall–Kier alpha value is -1.03. The molecule has 4 heteroatoms. The van der Waals surface area contributed by atoms with E-state index < -0.39 is 5.60 Å². The van der Waals surface area contributed by atoms with E-state index in [0.717, 1.165) is 13.0 Å². The molecule has 0 unspecified atom stereocenters. The summed E-state index contributed by atoms with van der Waals surface area (Å²) in [7, 11) is 0. The van der Waals surface area contributed by atoms with Gasteiger partial charge < -0.3 is 15.2 Å². The van der Waals surface area contributed by atoms with Crippen LogP contribution in [0.5, 0.6) is 0 Å². The Bertz CT molecular complexity index is 996. The van der Waals surface area contributed by atoms with Crippen LogP contribution in [-0.4, -0.2) is 29.4 Å². The Balaban J connectivity index is 1.46. The van der Waals surface area contributed by atoms with Crippen LogP contribution in [0, 0.1) is 56.7 Å². The summed E-state index contributed by atoms with van der Waals surface area (Å²) in [5.74, 6) is 3.11. The first-order chi connectivity index (χ1) is 17.9. The zero-order chi connectivity index (χ0) is 28.8. The van der Waals surface area contributed by atoms with Crippen molar-refractivity contribution in [3.8, 4) is 0 Å². The Morgan fingerprint density at radius 1 is 0.897 bits per heavy atom. The van der Waals surface area contributed by atoms with Crippen molar-refractivity contribution in [3.63, 3.8) is 0 Å². The van der Waals surface area contributed by atoms with E-state index in [-0.39, 0.29) is 23.0 Å². The van der Waals surface area contributed by atoms with Crippen LogP contribution in [-0.2, 0) is 4.74 Å². The monoisotopic (exact) mass is 541 g/mol. The van der Waals surface area contributed by atoms with Gasteiger partial charge in [-0.15, -0.1) is 0 Å². The van der Waals surface area contributed by atoms with Gasteiger partial charge in [-0.3, -0.25) is 0 Å². The van der Waals surface area contributed by atoms with Crippen molar-refractivity contribution >= 4 is 6.09 Å². The fraction of sp³-hybridized carbons (Fsp3) is 0.914. The first-order valence-corrected chi connectivity index (χ1v) is 16.2. The second-order valence-electron chi connectivity index (χ2n) is 17.3. The number of rotatable bonds is 3. The molecule has 0 aromatic rings. The maximum Gasteiger partial charge on any atom is 0.407 e. The largest absolute Gasteiger partial charge is 0.444 e. The zero-order valence-corrected chi connectivity index (χ0v) is 26.7. The fourth-order valence-electron chi connectivity index (χ4n) is 12.1. The molecular weight excluding hydrogens is 482 g/mol. The SMILES string of the molecule is C=C(C)[C@@H]1CC[C@]2(CNC(=O)OC(C)(C)C)CC[C@]3(C)[C@H](CC[C@@H]4[C@@]5(C)CC[C@H](O)C(C)(C)[C@@H]5CC[C@]43C)[C@@H]12. The van der Waals surface area contributed by atoms with E-state index in [0.29, 0.717) is 45.8 Å². The molecule has 0 spiro atoms. The fourth-order valence-corrected chi connectivity index (χ4v) is 12.1. The third-order valence-electron chi connectivity index (χ3n) is 14.2. The minimum atomic E-state index is -0.478. The Morgan fingerprint density at radius 2 is 1.59 bits per heavy atom. The molecule has 0 heterocycles. The summed E-state index contributed by atoms with van der Waals surface area (Å²) in [6, 6.07) is 0. The molecule has 1 amide bonds. The summed E-state index contributed by atoms with van der Waals surface area (Å²) in [6.45, 7) is 26.0. The van der Waals surface area contributed by atoms with E-state index in [2.05, 4.69) is 53.4 Å². The van der Waals surface area contributed by atoms with Gasteiger partial charge in [-0.25, -0.2) is 4.79 Å². The number of hydrogen-bond donors (Lipinski definition) is 2. The number of ether oxygens (including phenoxy) is 1. The summed E-state index contributed by atoms with van der Waals surface area (Å²) in [5, 5.41) is 14.3. The minimum absolute atomic E-state index is 0.00235. The lowest BCUT2D eigenvalue weighted by molar-refractivity contribution is -0.247. The average molecular weight is 542 g/mol. The topological polar surface area (TPSA) is 58.6 Å². The lowest BCUT2D eigenvalue weighted by atomic mass is 9.32. The highest BCUT2D eigenvalue weighted by molar-refractivity contribution is 5.67. The Labute approximate surface area is 239 Å². The quantitative estimate of drug-likeness (QED) is 0.352. The number of fused-ring (bicyclic) bond motifs is 7. The molecule has 5 rings (SSSR count). The van der Waals surface area contributed by atoms with E-state index >= 15 is 0 Å². The third-order valence-corrected chi connectivity index (χ3v) is 14.2. The molecule has 5 aliphatic carbocycles. The molecule has 0 aromatic carbocycles. The molecule has 5 aliphatic rings. The summed E-state index contributed by atoms with van der Waals surface area (Å²) in [6.07, 6.45) is 11.7. The van der Waals surface area contributed by atoms with Crippen LogP contribution in [0.1, 0.15) is 127 Å². The summed E-state index contributed by atoms with van der Waals surface area (Å²) < 4.78 is 5.66. The first kappa shape index (κ1) is 29.5. The number of amides is 1. The molecule has 0 aromatic heterocycles. The van der Waals surface area contributed by atoms with Crippen molar-refractivity contribution in [2.45, 2.75) is 138 Å². The molecule has 10 atom stereocenters.